The third-order valence-electron chi connectivity index (χ3n) is 9.35. The Morgan fingerprint density at radius 3 is 0.891 bits per heavy atom. The van der Waals surface area contributed by atoms with Crippen LogP contribution < -0.4 is 0 Å². The van der Waals surface area contributed by atoms with Crippen LogP contribution in [0, 0.1) is 0 Å². The molecule has 0 aliphatic rings. The molecule has 2 heteroatoms. The van der Waals surface area contributed by atoms with Crippen LogP contribution >= 0.6 is 31.9 Å². The first-order valence-electron chi connectivity index (χ1n) is 15.5. The van der Waals surface area contributed by atoms with Gasteiger partial charge in [0.25, 0.3) is 0 Å². The summed E-state index contributed by atoms with van der Waals surface area (Å²) in [6.07, 6.45) is 0. The van der Waals surface area contributed by atoms with Crippen LogP contribution in [0.4, 0.5) is 0 Å². The minimum absolute atomic E-state index is 1.10. The summed E-state index contributed by atoms with van der Waals surface area (Å²) >= 11 is 8.25. The first kappa shape index (κ1) is 27.5. The predicted octanol–water partition coefficient (Wildman–Crippen LogP) is 13.9. The Bertz CT molecular complexity index is 2370. The number of fused-ring (bicyclic) bond motifs is 2. The van der Waals surface area contributed by atoms with E-state index in [0.717, 1.165) is 8.95 Å². The molecule has 0 spiro atoms. The summed E-state index contributed by atoms with van der Waals surface area (Å²) < 4.78 is 2.21. The minimum Gasteiger partial charge on any atom is -0.0622 e. The molecule has 0 N–H and O–H groups in total. The van der Waals surface area contributed by atoms with Crippen molar-refractivity contribution < 1.29 is 0 Å². The highest BCUT2D eigenvalue weighted by Crippen LogP contribution is 2.53. The van der Waals surface area contributed by atoms with Gasteiger partial charge in [-0.1, -0.05) is 177 Å². The monoisotopic (exact) mass is 712 g/mol. The standard InChI is InChI=1S/C44H26Br2/c45-37-25-35(29-17-9-3-10-18-29)39-31(27-13-5-1-6-14-27)21-23-33-42-38(46)26-36(30-19-11-4-12-20-30)40-32(28-15-7-2-8-16-28)22-24-34(44(40)42)41(37)43(33)39/h1-26H. The van der Waals surface area contributed by atoms with Gasteiger partial charge in [-0.3, -0.25) is 0 Å². The maximum Gasteiger partial charge on any atom is 0.0266 e. The average molecular weight is 714 g/mol. The molecule has 216 valence electrons. The quantitative estimate of drug-likeness (QED) is 0.126. The van der Waals surface area contributed by atoms with Gasteiger partial charge in [-0.15, -0.1) is 0 Å². The number of halogens is 2. The molecule has 0 unspecified atom stereocenters. The Balaban J connectivity index is 1.54. The Labute approximate surface area is 284 Å². The van der Waals surface area contributed by atoms with Crippen molar-refractivity contribution in [2.24, 2.45) is 0 Å². The van der Waals surface area contributed by atoms with Gasteiger partial charge in [-0.05, 0) is 89.0 Å². The van der Waals surface area contributed by atoms with E-state index in [1.165, 1.54) is 87.6 Å². The van der Waals surface area contributed by atoms with Gasteiger partial charge in [0, 0.05) is 19.7 Å². The van der Waals surface area contributed by atoms with Gasteiger partial charge in [0.15, 0.2) is 0 Å². The summed E-state index contributed by atoms with van der Waals surface area (Å²) in [6, 6.07) is 57.2. The lowest BCUT2D eigenvalue weighted by molar-refractivity contribution is 1.62. The van der Waals surface area contributed by atoms with Crippen molar-refractivity contribution in [1.29, 1.82) is 0 Å². The van der Waals surface area contributed by atoms with Gasteiger partial charge in [0.2, 0.25) is 0 Å². The zero-order valence-electron chi connectivity index (χ0n) is 24.8. The van der Waals surface area contributed by atoms with Crippen LogP contribution in [-0.4, -0.2) is 0 Å². The predicted molar refractivity (Wildman–Crippen MR) is 205 cm³/mol. The van der Waals surface area contributed by atoms with E-state index in [1.807, 2.05) is 0 Å². The summed E-state index contributed by atoms with van der Waals surface area (Å²) in [5.74, 6) is 0. The van der Waals surface area contributed by atoms with Gasteiger partial charge in [0.05, 0.1) is 0 Å². The molecule has 46 heavy (non-hydrogen) atoms. The molecule has 0 saturated carbocycles. The molecule has 0 amide bonds. The maximum atomic E-state index is 4.13. The first-order chi connectivity index (χ1) is 22.7. The summed E-state index contributed by atoms with van der Waals surface area (Å²) in [4.78, 5) is 0. The molecule has 9 aromatic rings. The van der Waals surface area contributed by atoms with Crippen LogP contribution in [0.2, 0.25) is 0 Å². The highest BCUT2D eigenvalue weighted by atomic mass is 79.9. The fourth-order valence-corrected chi connectivity index (χ4v) is 8.70. The first-order valence-corrected chi connectivity index (χ1v) is 17.1. The van der Waals surface area contributed by atoms with Crippen LogP contribution in [0.15, 0.2) is 167 Å². The molecule has 9 rings (SSSR count). The van der Waals surface area contributed by atoms with E-state index in [1.54, 1.807) is 0 Å². The molecule has 0 nitrogen and oxygen atoms in total. The second kappa shape index (κ2) is 10.9. The van der Waals surface area contributed by atoms with E-state index in [2.05, 4.69) is 190 Å². The number of hydrogen-bond donors (Lipinski definition) is 0. The third kappa shape index (κ3) is 4.17. The zero-order valence-corrected chi connectivity index (χ0v) is 27.9. The van der Waals surface area contributed by atoms with Gasteiger partial charge in [-0.2, -0.15) is 0 Å². The van der Waals surface area contributed by atoms with Gasteiger partial charge >= 0.3 is 0 Å². The Kier molecular flexibility index (Phi) is 6.55. The molecule has 0 radical (unpaired) electrons. The summed E-state index contributed by atoms with van der Waals surface area (Å²) in [5, 5.41) is 10.1. The number of hydrogen-bond acceptors (Lipinski definition) is 0. The lowest BCUT2D eigenvalue weighted by Gasteiger charge is -2.23. The molecule has 0 aliphatic carbocycles. The van der Waals surface area contributed by atoms with Crippen LogP contribution in [0.5, 0.6) is 0 Å². The summed E-state index contributed by atoms with van der Waals surface area (Å²) in [5.41, 5.74) is 9.78. The Morgan fingerprint density at radius 2 is 0.565 bits per heavy atom. The fraction of sp³-hybridized carbons (Fsp3) is 0. The third-order valence-corrected chi connectivity index (χ3v) is 10.6. The zero-order chi connectivity index (χ0) is 30.8. The second-order valence-electron chi connectivity index (χ2n) is 11.8. The fourth-order valence-electron chi connectivity index (χ4n) is 7.42. The molecule has 0 heterocycles. The molecule has 0 atom stereocenters. The van der Waals surface area contributed by atoms with Crippen molar-refractivity contribution >= 4 is 74.9 Å². The number of rotatable bonds is 4. The molecule has 0 bridgehead atoms. The second-order valence-corrected chi connectivity index (χ2v) is 13.6. The summed E-state index contributed by atoms with van der Waals surface area (Å²) in [7, 11) is 0. The highest BCUT2D eigenvalue weighted by molar-refractivity contribution is 9.11. The van der Waals surface area contributed by atoms with Crippen molar-refractivity contribution in [3.8, 4) is 44.5 Å². The smallest absolute Gasteiger partial charge is 0.0266 e. The molecular formula is C44H26Br2. The van der Waals surface area contributed by atoms with Crippen molar-refractivity contribution in [1.82, 2.24) is 0 Å². The van der Waals surface area contributed by atoms with E-state index in [9.17, 15) is 0 Å². The van der Waals surface area contributed by atoms with E-state index in [0.29, 0.717) is 0 Å². The van der Waals surface area contributed by atoms with Crippen molar-refractivity contribution in [2.45, 2.75) is 0 Å². The van der Waals surface area contributed by atoms with Crippen molar-refractivity contribution in [3.05, 3.63) is 167 Å². The average Bonchev–Trinajstić information content (AvgIpc) is 3.12. The van der Waals surface area contributed by atoms with Crippen LogP contribution in [0.3, 0.4) is 0 Å². The maximum absolute atomic E-state index is 4.13. The molecule has 0 saturated heterocycles. The topological polar surface area (TPSA) is 0 Å². The highest BCUT2D eigenvalue weighted by Gasteiger charge is 2.24. The Hall–Kier alpha value is -4.76. The van der Waals surface area contributed by atoms with Gasteiger partial charge in [0.1, 0.15) is 0 Å². The molecule has 9 aromatic carbocycles. The molecular weight excluding hydrogens is 688 g/mol. The Morgan fingerprint density at radius 1 is 0.261 bits per heavy atom. The van der Waals surface area contributed by atoms with E-state index in [4.69, 9.17) is 0 Å². The van der Waals surface area contributed by atoms with Crippen LogP contribution in [0.25, 0.3) is 87.6 Å². The van der Waals surface area contributed by atoms with Crippen LogP contribution in [-0.2, 0) is 0 Å². The lowest BCUT2D eigenvalue weighted by Crippen LogP contribution is -1.96. The van der Waals surface area contributed by atoms with Crippen LogP contribution in [0.1, 0.15) is 0 Å². The van der Waals surface area contributed by atoms with E-state index in [-0.39, 0.29) is 0 Å². The van der Waals surface area contributed by atoms with E-state index >= 15 is 0 Å². The number of benzene rings is 9. The SMILES string of the molecule is Brc1cc(-c2ccccc2)c2c(-c3ccccc3)ccc3c4c(Br)cc(-c5ccccc5)c5c(-c6ccccc6)ccc(c1c23)c54. The van der Waals surface area contributed by atoms with Gasteiger partial charge < -0.3 is 0 Å². The van der Waals surface area contributed by atoms with Gasteiger partial charge in [-0.25, -0.2) is 0 Å². The largest absolute Gasteiger partial charge is 0.0622 e. The normalized spacial score (nSPS) is 11.7. The lowest BCUT2D eigenvalue weighted by atomic mass is 9.81. The van der Waals surface area contributed by atoms with E-state index < -0.39 is 0 Å². The molecule has 0 fully saturated rings. The minimum atomic E-state index is 1.10. The molecule has 0 aromatic heterocycles. The van der Waals surface area contributed by atoms with Crippen molar-refractivity contribution in [3.63, 3.8) is 0 Å². The summed E-state index contributed by atoms with van der Waals surface area (Å²) in [6.45, 7) is 0. The molecule has 0 aliphatic heterocycles. The van der Waals surface area contributed by atoms with Crippen molar-refractivity contribution in [2.75, 3.05) is 0 Å².